The van der Waals surface area contributed by atoms with Gasteiger partial charge in [0, 0.05) is 12.0 Å². The van der Waals surface area contributed by atoms with Crippen LogP contribution in [0.2, 0.25) is 0 Å². The Balaban J connectivity index is 1.80. The van der Waals surface area contributed by atoms with Crippen molar-refractivity contribution in [3.05, 3.63) is 53.3 Å². The summed E-state index contributed by atoms with van der Waals surface area (Å²) in [5, 5.41) is 20.1. The molecule has 0 aromatic heterocycles. The van der Waals surface area contributed by atoms with E-state index in [0.29, 0.717) is 23.3 Å². The van der Waals surface area contributed by atoms with Crippen LogP contribution in [0.5, 0.6) is 5.75 Å². The summed E-state index contributed by atoms with van der Waals surface area (Å²) in [4.78, 5) is 11.9. The third kappa shape index (κ3) is 4.15. The van der Waals surface area contributed by atoms with Crippen molar-refractivity contribution in [1.29, 1.82) is 0 Å². The average Bonchev–Trinajstić information content (AvgIpc) is 3.07. The van der Waals surface area contributed by atoms with Gasteiger partial charge in [0.2, 0.25) is 0 Å². The molecule has 4 rings (SSSR count). The van der Waals surface area contributed by atoms with Gasteiger partial charge in [-0.1, -0.05) is 38.0 Å². The Bertz CT molecular complexity index is 995. The minimum atomic E-state index is -1.09. The first kappa shape index (κ1) is 22.8. The van der Waals surface area contributed by atoms with E-state index < -0.39 is 11.4 Å². The van der Waals surface area contributed by atoms with Gasteiger partial charge in [-0.25, -0.2) is 4.39 Å². The Morgan fingerprint density at radius 2 is 1.91 bits per heavy atom. The normalized spacial score (nSPS) is 23.7. The lowest BCUT2D eigenvalue weighted by Crippen LogP contribution is -2.28. The van der Waals surface area contributed by atoms with Gasteiger partial charge in [0.15, 0.2) is 0 Å². The lowest BCUT2D eigenvalue weighted by molar-refractivity contribution is -0.142. The summed E-state index contributed by atoms with van der Waals surface area (Å²) in [7, 11) is 0. The average molecular weight is 441 g/mol. The molecule has 2 aliphatic carbocycles. The molecule has 2 N–H and O–H groups in total. The molecular formula is C27H33FO4. The molecule has 4 nitrogen and oxygen atoms in total. The maximum absolute atomic E-state index is 15.0. The summed E-state index contributed by atoms with van der Waals surface area (Å²) in [6.07, 6.45) is 4.75. The molecule has 2 fully saturated rings. The fourth-order valence-electron chi connectivity index (χ4n) is 5.01. The Morgan fingerprint density at radius 1 is 1.16 bits per heavy atom. The number of carboxylic acids is 1. The van der Waals surface area contributed by atoms with E-state index in [-0.39, 0.29) is 29.9 Å². The molecule has 2 aromatic rings. The van der Waals surface area contributed by atoms with E-state index in [4.69, 9.17) is 4.74 Å². The lowest BCUT2D eigenvalue weighted by Gasteiger charge is -2.30. The summed E-state index contributed by atoms with van der Waals surface area (Å²) in [5.41, 5.74) is 1.76. The Morgan fingerprint density at radius 3 is 2.50 bits per heavy atom. The predicted molar refractivity (Wildman–Crippen MR) is 123 cm³/mol. The molecule has 0 radical (unpaired) electrons. The largest absolute Gasteiger partial charge is 0.490 e. The minimum absolute atomic E-state index is 0.118. The fourth-order valence-corrected chi connectivity index (χ4v) is 5.01. The zero-order valence-electron chi connectivity index (χ0n) is 19.1. The molecule has 0 unspecified atom stereocenters. The molecule has 0 saturated heterocycles. The quantitative estimate of drug-likeness (QED) is 0.550. The number of carboxylic acid groups (broad SMARTS) is 1. The van der Waals surface area contributed by atoms with Gasteiger partial charge < -0.3 is 14.9 Å². The number of ether oxygens (including phenoxy) is 1. The molecule has 2 aromatic carbocycles. The molecule has 5 heteroatoms. The highest BCUT2D eigenvalue weighted by Gasteiger charge is 2.35. The second-order valence-electron chi connectivity index (χ2n) is 9.92. The number of aliphatic hydroxyl groups excluding tert-OH is 1. The van der Waals surface area contributed by atoms with Crippen LogP contribution in [-0.2, 0) is 10.2 Å². The van der Waals surface area contributed by atoms with Crippen molar-refractivity contribution < 1.29 is 24.1 Å². The van der Waals surface area contributed by atoms with Crippen LogP contribution < -0.4 is 4.74 Å². The molecule has 0 aliphatic heterocycles. The summed E-state index contributed by atoms with van der Waals surface area (Å²) in [6.45, 7) is 5.42. The van der Waals surface area contributed by atoms with Crippen molar-refractivity contribution in [2.24, 2.45) is 5.92 Å². The Labute approximate surface area is 189 Å². The summed E-state index contributed by atoms with van der Waals surface area (Å²) in [6, 6.07) is 10.6. The molecule has 0 heterocycles. The first-order valence-corrected chi connectivity index (χ1v) is 11.7. The maximum Gasteiger partial charge on any atom is 0.313 e. The van der Waals surface area contributed by atoms with E-state index in [0.717, 1.165) is 43.2 Å². The van der Waals surface area contributed by atoms with Crippen LogP contribution in [0.1, 0.15) is 76.3 Å². The number of hydrogen-bond donors (Lipinski definition) is 2. The smallest absolute Gasteiger partial charge is 0.313 e. The van der Waals surface area contributed by atoms with Crippen molar-refractivity contribution in [2.75, 3.05) is 0 Å². The number of halogens is 1. The lowest BCUT2D eigenvalue weighted by atomic mass is 9.76. The molecule has 32 heavy (non-hydrogen) atoms. The van der Waals surface area contributed by atoms with Crippen molar-refractivity contribution >= 4 is 5.97 Å². The summed E-state index contributed by atoms with van der Waals surface area (Å²) >= 11 is 0. The van der Waals surface area contributed by atoms with E-state index >= 15 is 0 Å². The van der Waals surface area contributed by atoms with Gasteiger partial charge in [-0.2, -0.15) is 0 Å². The van der Waals surface area contributed by atoms with Crippen LogP contribution in [-0.4, -0.2) is 28.4 Å². The van der Waals surface area contributed by atoms with Gasteiger partial charge in [-0.3, -0.25) is 4.79 Å². The highest BCUT2D eigenvalue weighted by molar-refractivity contribution is 5.83. The predicted octanol–water partition coefficient (Wildman–Crippen LogP) is 6.05. The second kappa shape index (κ2) is 8.86. The van der Waals surface area contributed by atoms with Crippen molar-refractivity contribution in [1.82, 2.24) is 0 Å². The van der Waals surface area contributed by atoms with Crippen LogP contribution in [0.3, 0.4) is 0 Å². The maximum atomic E-state index is 15.0. The van der Waals surface area contributed by atoms with E-state index in [2.05, 4.69) is 6.92 Å². The highest BCUT2D eigenvalue weighted by atomic mass is 19.1. The van der Waals surface area contributed by atoms with E-state index in [1.807, 2.05) is 18.2 Å². The minimum Gasteiger partial charge on any atom is -0.490 e. The van der Waals surface area contributed by atoms with Crippen LogP contribution in [0.15, 0.2) is 36.4 Å². The fraction of sp³-hybridized carbons (Fsp3) is 0.519. The first-order chi connectivity index (χ1) is 15.2. The van der Waals surface area contributed by atoms with E-state index in [9.17, 15) is 19.4 Å². The van der Waals surface area contributed by atoms with Crippen molar-refractivity contribution in [3.8, 4) is 16.9 Å². The monoisotopic (exact) mass is 440 g/mol. The summed E-state index contributed by atoms with van der Waals surface area (Å²) in [5.74, 6) is -0.125. The number of carbonyl (C=O) groups is 1. The molecule has 3 atom stereocenters. The number of aliphatic carboxylic acids is 1. The first-order valence-electron chi connectivity index (χ1n) is 11.7. The van der Waals surface area contributed by atoms with Crippen molar-refractivity contribution in [2.45, 2.75) is 82.8 Å². The second-order valence-corrected chi connectivity index (χ2v) is 9.92. The Hall–Kier alpha value is -2.40. The third-order valence-electron chi connectivity index (χ3n) is 7.52. The highest BCUT2D eigenvalue weighted by Crippen LogP contribution is 2.46. The third-order valence-corrected chi connectivity index (χ3v) is 7.52. The van der Waals surface area contributed by atoms with E-state index in [1.165, 1.54) is 6.07 Å². The zero-order valence-corrected chi connectivity index (χ0v) is 19.1. The molecular weight excluding hydrogens is 407 g/mol. The van der Waals surface area contributed by atoms with E-state index in [1.54, 1.807) is 26.0 Å². The van der Waals surface area contributed by atoms with Gasteiger partial charge in [-0.15, -0.1) is 0 Å². The standard InChI is InChI=1S/C27H33FO4/c1-4-16-13-19(15-23(16)29)32-24-12-11-18(27(2,3)26(30)31)14-21(24)20-9-6-10-22(28)25(20)17-7-5-8-17/h6,9-12,14,16-17,19,23,29H,4-5,7-8,13,15H2,1-3H3,(H,30,31)/t16-,19-,23+/m0/s1. The molecule has 2 saturated carbocycles. The topological polar surface area (TPSA) is 66.8 Å². The van der Waals surface area contributed by atoms with Crippen LogP contribution in [0.25, 0.3) is 11.1 Å². The molecule has 172 valence electrons. The van der Waals surface area contributed by atoms with Crippen LogP contribution >= 0.6 is 0 Å². The van der Waals surface area contributed by atoms with Gasteiger partial charge in [-0.05, 0) is 79.8 Å². The molecule has 0 bridgehead atoms. The van der Waals surface area contributed by atoms with Gasteiger partial charge in [0.05, 0.1) is 11.5 Å². The number of benzene rings is 2. The molecule has 0 spiro atoms. The van der Waals surface area contributed by atoms with Gasteiger partial charge in [0.25, 0.3) is 0 Å². The number of hydrogen-bond acceptors (Lipinski definition) is 3. The van der Waals surface area contributed by atoms with Crippen molar-refractivity contribution in [3.63, 3.8) is 0 Å². The zero-order chi connectivity index (χ0) is 23.0. The van der Waals surface area contributed by atoms with Crippen LogP contribution in [0.4, 0.5) is 4.39 Å². The Kier molecular flexibility index (Phi) is 6.30. The number of rotatable bonds is 7. The molecule has 0 amide bonds. The van der Waals surface area contributed by atoms with Crippen LogP contribution in [0, 0.1) is 11.7 Å². The molecule has 2 aliphatic rings. The SMILES string of the molecule is CC[C@H]1C[C@H](Oc2ccc(C(C)(C)C(=O)O)cc2-c2cccc(F)c2C2CCC2)C[C@H]1O. The van der Waals surface area contributed by atoms with Gasteiger partial charge in [0.1, 0.15) is 17.7 Å². The summed E-state index contributed by atoms with van der Waals surface area (Å²) < 4.78 is 21.4. The number of aliphatic hydroxyl groups is 1. The van der Waals surface area contributed by atoms with Gasteiger partial charge >= 0.3 is 5.97 Å².